The Bertz CT molecular complexity index is 339. The van der Waals surface area contributed by atoms with E-state index in [1.807, 2.05) is 13.1 Å². The summed E-state index contributed by atoms with van der Waals surface area (Å²) in [4.78, 5) is 0. The molecule has 3 heteroatoms. The predicted octanol–water partition coefficient (Wildman–Crippen LogP) is 3.11. The normalized spacial score (nSPS) is 11.1. The molecule has 0 atom stereocenters. The highest BCUT2D eigenvalue weighted by Gasteiger charge is 2.04. The van der Waals surface area contributed by atoms with E-state index in [2.05, 4.69) is 19.2 Å². The molecule has 0 aliphatic heterocycles. The van der Waals surface area contributed by atoms with Crippen molar-refractivity contribution in [1.29, 1.82) is 0 Å². The van der Waals surface area contributed by atoms with Gasteiger partial charge in [-0.05, 0) is 37.1 Å². The lowest BCUT2D eigenvalue weighted by atomic mass is 10.1. The van der Waals surface area contributed by atoms with Crippen LogP contribution in [0.15, 0.2) is 18.2 Å². The standard InChI is InChI=1S/C14H22FNO/c1-11(2)6-7-17-10-13-8-12(9-16-3)4-5-14(13)15/h4-5,8,11,16H,6-7,9-10H2,1-3H3. The van der Waals surface area contributed by atoms with Gasteiger partial charge in [0.05, 0.1) is 6.61 Å². The molecule has 0 aliphatic carbocycles. The summed E-state index contributed by atoms with van der Waals surface area (Å²) in [5.41, 5.74) is 1.72. The minimum absolute atomic E-state index is 0.186. The van der Waals surface area contributed by atoms with Gasteiger partial charge < -0.3 is 10.1 Å². The molecule has 0 amide bonds. The highest BCUT2D eigenvalue weighted by atomic mass is 19.1. The molecule has 1 rings (SSSR count). The second-order valence-corrected chi connectivity index (χ2v) is 4.69. The highest BCUT2D eigenvalue weighted by Crippen LogP contribution is 2.12. The highest BCUT2D eigenvalue weighted by molar-refractivity contribution is 5.24. The molecule has 0 spiro atoms. The van der Waals surface area contributed by atoms with Crippen molar-refractivity contribution >= 4 is 0 Å². The lowest BCUT2D eigenvalue weighted by molar-refractivity contribution is 0.108. The first-order chi connectivity index (χ1) is 8.13. The number of ether oxygens (including phenoxy) is 1. The monoisotopic (exact) mass is 239 g/mol. The van der Waals surface area contributed by atoms with Crippen molar-refractivity contribution in [3.8, 4) is 0 Å². The van der Waals surface area contributed by atoms with Crippen LogP contribution in [0, 0.1) is 11.7 Å². The topological polar surface area (TPSA) is 21.3 Å². The molecule has 0 aliphatic rings. The molecule has 1 N–H and O–H groups in total. The Hall–Kier alpha value is -0.930. The van der Waals surface area contributed by atoms with Gasteiger partial charge in [-0.3, -0.25) is 0 Å². The van der Waals surface area contributed by atoms with Crippen LogP contribution in [0.25, 0.3) is 0 Å². The van der Waals surface area contributed by atoms with Crippen LogP contribution >= 0.6 is 0 Å². The first kappa shape index (κ1) is 14.1. The Kier molecular flexibility index (Phi) is 6.16. The third-order valence-corrected chi connectivity index (χ3v) is 2.59. The molecule has 2 nitrogen and oxygen atoms in total. The van der Waals surface area contributed by atoms with Gasteiger partial charge in [0.2, 0.25) is 0 Å². The lowest BCUT2D eigenvalue weighted by Gasteiger charge is -2.09. The third-order valence-electron chi connectivity index (χ3n) is 2.59. The molecule has 0 saturated carbocycles. The average Bonchev–Trinajstić information content (AvgIpc) is 2.28. The summed E-state index contributed by atoms with van der Waals surface area (Å²) in [6, 6.07) is 5.17. The van der Waals surface area contributed by atoms with Gasteiger partial charge in [-0.1, -0.05) is 19.9 Å². The Balaban J connectivity index is 2.48. The molecule has 96 valence electrons. The smallest absolute Gasteiger partial charge is 0.128 e. The number of halogens is 1. The van der Waals surface area contributed by atoms with Gasteiger partial charge in [0.25, 0.3) is 0 Å². The summed E-state index contributed by atoms with van der Waals surface area (Å²) in [5, 5.41) is 3.05. The lowest BCUT2D eigenvalue weighted by Crippen LogP contribution is -2.07. The van der Waals surface area contributed by atoms with E-state index in [0.29, 0.717) is 24.7 Å². The molecule has 0 bridgehead atoms. The summed E-state index contributed by atoms with van der Waals surface area (Å²) in [6.45, 7) is 6.09. The van der Waals surface area contributed by atoms with Crippen LogP contribution < -0.4 is 5.32 Å². The van der Waals surface area contributed by atoms with E-state index in [0.717, 1.165) is 18.5 Å². The Morgan fingerprint density at radius 2 is 2.12 bits per heavy atom. The van der Waals surface area contributed by atoms with Gasteiger partial charge in [0, 0.05) is 18.7 Å². The van der Waals surface area contributed by atoms with Crippen molar-refractivity contribution in [3.63, 3.8) is 0 Å². The van der Waals surface area contributed by atoms with E-state index >= 15 is 0 Å². The van der Waals surface area contributed by atoms with Gasteiger partial charge in [-0.15, -0.1) is 0 Å². The largest absolute Gasteiger partial charge is 0.377 e. The molecule has 0 saturated heterocycles. The molecule has 0 aromatic heterocycles. The summed E-state index contributed by atoms with van der Waals surface area (Å²) >= 11 is 0. The average molecular weight is 239 g/mol. The van der Waals surface area contributed by atoms with Crippen molar-refractivity contribution in [2.75, 3.05) is 13.7 Å². The van der Waals surface area contributed by atoms with Crippen LogP contribution in [0.1, 0.15) is 31.4 Å². The molecular formula is C14H22FNO. The van der Waals surface area contributed by atoms with E-state index in [1.54, 1.807) is 6.07 Å². The first-order valence-corrected chi connectivity index (χ1v) is 6.13. The predicted molar refractivity (Wildman–Crippen MR) is 68.3 cm³/mol. The second kappa shape index (κ2) is 7.41. The van der Waals surface area contributed by atoms with Crippen molar-refractivity contribution in [1.82, 2.24) is 5.32 Å². The summed E-state index contributed by atoms with van der Waals surface area (Å²) in [7, 11) is 1.88. The van der Waals surface area contributed by atoms with Gasteiger partial charge in [-0.2, -0.15) is 0 Å². The van der Waals surface area contributed by atoms with Crippen molar-refractivity contribution in [2.45, 2.75) is 33.4 Å². The van der Waals surface area contributed by atoms with Gasteiger partial charge in [0.1, 0.15) is 5.82 Å². The van der Waals surface area contributed by atoms with Gasteiger partial charge in [-0.25, -0.2) is 4.39 Å². The Labute approximate surface area is 103 Å². The number of hydrogen-bond donors (Lipinski definition) is 1. The van der Waals surface area contributed by atoms with Crippen LogP contribution in [-0.2, 0) is 17.9 Å². The minimum Gasteiger partial charge on any atom is -0.377 e. The molecule has 1 aromatic rings. The number of hydrogen-bond acceptors (Lipinski definition) is 2. The molecule has 0 heterocycles. The Morgan fingerprint density at radius 1 is 1.35 bits per heavy atom. The van der Waals surface area contributed by atoms with E-state index in [1.165, 1.54) is 6.07 Å². The zero-order valence-electron chi connectivity index (χ0n) is 10.9. The Morgan fingerprint density at radius 3 is 2.76 bits per heavy atom. The zero-order valence-corrected chi connectivity index (χ0v) is 10.9. The summed E-state index contributed by atoms with van der Waals surface area (Å²) < 4.78 is 19.0. The van der Waals surface area contributed by atoms with E-state index in [4.69, 9.17) is 4.74 Å². The van der Waals surface area contributed by atoms with Gasteiger partial charge in [0.15, 0.2) is 0 Å². The fourth-order valence-corrected chi connectivity index (χ4v) is 1.55. The van der Waals surface area contributed by atoms with Crippen molar-refractivity contribution in [2.24, 2.45) is 5.92 Å². The number of rotatable bonds is 7. The quantitative estimate of drug-likeness (QED) is 0.738. The first-order valence-electron chi connectivity index (χ1n) is 6.13. The van der Waals surface area contributed by atoms with E-state index in [-0.39, 0.29) is 5.82 Å². The van der Waals surface area contributed by atoms with Crippen LogP contribution in [0.2, 0.25) is 0 Å². The number of nitrogens with one attached hydrogen (secondary N) is 1. The summed E-state index contributed by atoms with van der Waals surface area (Å²) in [5.74, 6) is 0.435. The van der Waals surface area contributed by atoms with E-state index in [9.17, 15) is 4.39 Å². The van der Waals surface area contributed by atoms with Crippen molar-refractivity contribution < 1.29 is 9.13 Å². The SMILES string of the molecule is CNCc1ccc(F)c(COCCC(C)C)c1. The van der Waals surface area contributed by atoms with Crippen LogP contribution in [0.3, 0.4) is 0 Å². The molecule has 1 aromatic carbocycles. The summed E-state index contributed by atoms with van der Waals surface area (Å²) in [6.07, 6.45) is 1.01. The minimum atomic E-state index is -0.186. The maximum Gasteiger partial charge on any atom is 0.128 e. The fourth-order valence-electron chi connectivity index (χ4n) is 1.55. The molecule has 0 unspecified atom stereocenters. The molecule has 0 radical (unpaired) electrons. The third kappa shape index (κ3) is 5.29. The number of benzene rings is 1. The van der Waals surface area contributed by atoms with Crippen molar-refractivity contribution in [3.05, 3.63) is 35.1 Å². The fraction of sp³-hybridized carbons (Fsp3) is 0.571. The molecular weight excluding hydrogens is 217 g/mol. The molecule has 0 fully saturated rings. The molecule has 17 heavy (non-hydrogen) atoms. The maximum atomic E-state index is 13.5. The van der Waals surface area contributed by atoms with Crippen LogP contribution in [0.5, 0.6) is 0 Å². The van der Waals surface area contributed by atoms with E-state index < -0.39 is 0 Å². The van der Waals surface area contributed by atoms with Gasteiger partial charge >= 0.3 is 0 Å². The second-order valence-electron chi connectivity index (χ2n) is 4.69. The van der Waals surface area contributed by atoms with Crippen LogP contribution in [0.4, 0.5) is 4.39 Å². The van der Waals surface area contributed by atoms with Crippen LogP contribution in [-0.4, -0.2) is 13.7 Å². The zero-order chi connectivity index (χ0) is 12.7. The maximum absolute atomic E-state index is 13.5.